The summed E-state index contributed by atoms with van der Waals surface area (Å²) >= 11 is 0. The number of likely N-dealkylation sites (tertiary alicyclic amines) is 1. The third kappa shape index (κ3) is 5.34. The summed E-state index contributed by atoms with van der Waals surface area (Å²) in [4.78, 5) is 6.97. The SMILES string of the molecule is Cc1ccc(NC(N)=NCCCN2CCC(C)CC2)cc1C. The minimum Gasteiger partial charge on any atom is -0.370 e. The molecule has 1 aromatic carbocycles. The highest BCUT2D eigenvalue weighted by Gasteiger charge is 2.14. The summed E-state index contributed by atoms with van der Waals surface area (Å²) in [6, 6.07) is 6.24. The zero-order valence-electron chi connectivity index (χ0n) is 14.2. The van der Waals surface area contributed by atoms with Crippen LogP contribution in [0.5, 0.6) is 0 Å². The molecule has 0 spiro atoms. The molecule has 2 rings (SSSR count). The fraction of sp³-hybridized carbons (Fsp3) is 0.611. The van der Waals surface area contributed by atoms with Crippen LogP contribution in [0.4, 0.5) is 5.69 Å². The first-order valence-electron chi connectivity index (χ1n) is 8.41. The number of anilines is 1. The van der Waals surface area contributed by atoms with Crippen molar-refractivity contribution in [2.24, 2.45) is 16.6 Å². The molecule has 1 heterocycles. The van der Waals surface area contributed by atoms with Gasteiger partial charge < -0.3 is 16.0 Å². The third-order valence-electron chi connectivity index (χ3n) is 4.57. The summed E-state index contributed by atoms with van der Waals surface area (Å²) in [5.41, 5.74) is 9.52. The Morgan fingerprint density at radius 2 is 2.00 bits per heavy atom. The van der Waals surface area contributed by atoms with Crippen LogP contribution in [0, 0.1) is 19.8 Å². The molecule has 0 bridgehead atoms. The Labute approximate surface area is 134 Å². The van der Waals surface area contributed by atoms with Crippen molar-refractivity contribution < 1.29 is 0 Å². The van der Waals surface area contributed by atoms with Gasteiger partial charge in [0.2, 0.25) is 0 Å². The van der Waals surface area contributed by atoms with Crippen LogP contribution >= 0.6 is 0 Å². The molecule has 0 aliphatic carbocycles. The molecule has 122 valence electrons. The molecule has 1 aromatic rings. The molecule has 4 heteroatoms. The maximum atomic E-state index is 5.96. The Hall–Kier alpha value is -1.55. The van der Waals surface area contributed by atoms with Gasteiger partial charge in [0, 0.05) is 12.2 Å². The monoisotopic (exact) mass is 302 g/mol. The van der Waals surface area contributed by atoms with Crippen LogP contribution in [0.1, 0.15) is 37.3 Å². The van der Waals surface area contributed by atoms with E-state index in [0.29, 0.717) is 5.96 Å². The van der Waals surface area contributed by atoms with Crippen molar-refractivity contribution in [1.82, 2.24) is 4.90 Å². The van der Waals surface area contributed by atoms with Gasteiger partial charge in [-0.2, -0.15) is 0 Å². The van der Waals surface area contributed by atoms with Gasteiger partial charge in [-0.3, -0.25) is 4.99 Å². The van der Waals surface area contributed by atoms with E-state index in [1.54, 1.807) is 0 Å². The van der Waals surface area contributed by atoms with Crippen molar-refractivity contribution >= 4 is 11.6 Å². The second-order valence-corrected chi connectivity index (χ2v) is 6.57. The fourth-order valence-electron chi connectivity index (χ4n) is 2.79. The molecular formula is C18H30N4. The van der Waals surface area contributed by atoms with Crippen molar-refractivity contribution in [2.45, 2.75) is 40.0 Å². The largest absolute Gasteiger partial charge is 0.370 e. The molecule has 1 aliphatic heterocycles. The average molecular weight is 302 g/mol. The number of benzene rings is 1. The topological polar surface area (TPSA) is 53.6 Å². The molecule has 22 heavy (non-hydrogen) atoms. The van der Waals surface area contributed by atoms with Crippen molar-refractivity contribution in [3.8, 4) is 0 Å². The van der Waals surface area contributed by atoms with Gasteiger partial charge in [-0.05, 0) is 81.9 Å². The predicted octanol–water partition coefficient (Wildman–Crippen LogP) is 3.15. The Morgan fingerprint density at radius 1 is 1.27 bits per heavy atom. The first-order valence-corrected chi connectivity index (χ1v) is 8.41. The molecule has 1 saturated heterocycles. The lowest BCUT2D eigenvalue weighted by Gasteiger charge is -2.29. The number of hydrogen-bond donors (Lipinski definition) is 2. The highest BCUT2D eigenvalue weighted by atomic mass is 15.1. The van der Waals surface area contributed by atoms with Gasteiger partial charge in [0.1, 0.15) is 0 Å². The molecule has 0 aromatic heterocycles. The molecule has 3 N–H and O–H groups in total. The lowest BCUT2D eigenvalue weighted by Crippen LogP contribution is -2.34. The number of rotatable bonds is 5. The van der Waals surface area contributed by atoms with Crippen LogP contribution in [-0.2, 0) is 0 Å². The van der Waals surface area contributed by atoms with Crippen LogP contribution in [0.25, 0.3) is 0 Å². The van der Waals surface area contributed by atoms with Gasteiger partial charge >= 0.3 is 0 Å². The van der Waals surface area contributed by atoms with E-state index >= 15 is 0 Å². The number of piperidine rings is 1. The molecule has 0 atom stereocenters. The zero-order chi connectivity index (χ0) is 15.9. The van der Waals surface area contributed by atoms with Crippen LogP contribution in [0.3, 0.4) is 0 Å². The minimum absolute atomic E-state index is 0.510. The van der Waals surface area contributed by atoms with E-state index in [4.69, 9.17) is 5.73 Å². The lowest BCUT2D eigenvalue weighted by molar-refractivity contribution is 0.192. The van der Waals surface area contributed by atoms with Gasteiger partial charge in [-0.1, -0.05) is 13.0 Å². The molecule has 1 fully saturated rings. The van der Waals surface area contributed by atoms with E-state index < -0.39 is 0 Å². The summed E-state index contributed by atoms with van der Waals surface area (Å²) in [5, 5.41) is 3.17. The summed E-state index contributed by atoms with van der Waals surface area (Å²) in [6.07, 6.45) is 3.74. The number of aliphatic imine (C=N–C) groups is 1. The van der Waals surface area contributed by atoms with E-state index in [2.05, 4.69) is 48.1 Å². The highest BCUT2D eigenvalue weighted by Crippen LogP contribution is 2.16. The zero-order valence-corrected chi connectivity index (χ0v) is 14.2. The van der Waals surface area contributed by atoms with Gasteiger partial charge in [-0.25, -0.2) is 0 Å². The van der Waals surface area contributed by atoms with Crippen molar-refractivity contribution in [1.29, 1.82) is 0 Å². The Bertz CT molecular complexity index is 502. The second kappa shape index (κ2) is 8.18. The number of nitrogens with zero attached hydrogens (tertiary/aromatic N) is 2. The number of guanidine groups is 1. The van der Waals surface area contributed by atoms with Crippen LogP contribution in [-0.4, -0.2) is 37.0 Å². The smallest absolute Gasteiger partial charge is 0.193 e. The number of nitrogens with two attached hydrogens (primary N) is 1. The number of hydrogen-bond acceptors (Lipinski definition) is 2. The van der Waals surface area contributed by atoms with Crippen LogP contribution < -0.4 is 11.1 Å². The fourth-order valence-corrected chi connectivity index (χ4v) is 2.79. The quantitative estimate of drug-likeness (QED) is 0.499. The lowest BCUT2D eigenvalue weighted by atomic mass is 9.99. The molecule has 0 saturated carbocycles. The molecule has 0 unspecified atom stereocenters. The van der Waals surface area contributed by atoms with Crippen LogP contribution in [0.2, 0.25) is 0 Å². The predicted molar refractivity (Wildman–Crippen MR) is 95.5 cm³/mol. The van der Waals surface area contributed by atoms with Gasteiger partial charge in [-0.15, -0.1) is 0 Å². The first kappa shape index (κ1) is 16.8. The third-order valence-corrected chi connectivity index (χ3v) is 4.57. The van der Waals surface area contributed by atoms with E-state index in [9.17, 15) is 0 Å². The molecule has 1 aliphatic rings. The van der Waals surface area contributed by atoms with Crippen LogP contribution in [0.15, 0.2) is 23.2 Å². The van der Waals surface area contributed by atoms with E-state index in [1.807, 2.05) is 6.07 Å². The molecule has 0 radical (unpaired) electrons. The normalized spacial score (nSPS) is 17.7. The number of aryl methyl sites for hydroxylation is 2. The van der Waals surface area contributed by atoms with E-state index in [1.165, 1.54) is 37.1 Å². The van der Waals surface area contributed by atoms with Crippen molar-refractivity contribution in [3.63, 3.8) is 0 Å². The molecular weight excluding hydrogens is 272 g/mol. The van der Waals surface area contributed by atoms with E-state index in [-0.39, 0.29) is 0 Å². The maximum Gasteiger partial charge on any atom is 0.193 e. The average Bonchev–Trinajstić information content (AvgIpc) is 2.49. The van der Waals surface area contributed by atoms with Gasteiger partial charge in [0.05, 0.1) is 0 Å². The summed E-state index contributed by atoms with van der Waals surface area (Å²) in [5.74, 6) is 1.41. The van der Waals surface area contributed by atoms with Gasteiger partial charge in [0.25, 0.3) is 0 Å². The summed E-state index contributed by atoms with van der Waals surface area (Å²) in [7, 11) is 0. The van der Waals surface area contributed by atoms with Crippen molar-refractivity contribution in [2.75, 3.05) is 31.5 Å². The van der Waals surface area contributed by atoms with Crippen molar-refractivity contribution in [3.05, 3.63) is 29.3 Å². The maximum absolute atomic E-state index is 5.96. The minimum atomic E-state index is 0.510. The summed E-state index contributed by atoms with van der Waals surface area (Å²) < 4.78 is 0. The summed E-state index contributed by atoms with van der Waals surface area (Å²) in [6.45, 7) is 11.0. The Morgan fingerprint density at radius 3 is 2.68 bits per heavy atom. The van der Waals surface area contributed by atoms with Gasteiger partial charge in [0.15, 0.2) is 5.96 Å². The Balaban J connectivity index is 1.70. The highest BCUT2D eigenvalue weighted by molar-refractivity contribution is 5.92. The number of nitrogens with one attached hydrogen (secondary N) is 1. The van der Waals surface area contributed by atoms with E-state index in [0.717, 1.165) is 31.1 Å². The second-order valence-electron chi connectivity index (χ2n) is 6.57. The Kier molecular flexibility index (Phi) is 6.25. The molecule has 4 nitrogen and oxygen atoms in total. The molecule has 0 amide bonds. The first-order chi connectivity index (χ1) is 10.5. The standard InChI is InChI=1S/C18H30N4/c1-14-7-11-22(12-8-14)10-4-9-20-18(19)21-17-6-5-15(2)16(3)13-17/h5-6,13-14H,4,7-12H2,1-3H3,(H3,19,20,21).